The zero-order valence-corrected chi connectivity index (χ0v) is 22.4. The minimum absolute atomic E-state index is 0.0974. The summed E-state index contributed by atoms with van der Waals surface area (Å²) in [6.07, 6.45) is 5.18. The van der Waals surface area contributed by atoms with E-state index in [0.29, 0.717) is 61.5 Å². The van der Waals surface area contributed by atoms with Crippen molar-refractivity contribution in [1.29, 1.82) is 0 Å². The second-order valence-corrected chi connectivity index (χ2v) is 9.89. The summed E-state index contributed by atoms with van der Waals surface area (Å²) in [4.78, 5) is 27.8. The molecule has 2 aliphatic heterocycles. The molecule has 8 nitrogen and oxygen atoms in total. The number of aromatic nitrogens is 1. The van der Waals surface area contributed by atoms with Crippen LogP contribution in [0.15, 0.2) is 36.2 Å². The van der Waals surface area contributed by atoms with Crippen LogP contribution in [-0.2, 0) is 22.6 Å². The highest BCUT2D eigenvalue weighted by molar-refractivity contribution is 6.16. The minimum Gasteiger partial charge on any atom is -0.507 e. The molecule has 0 saturated carbocycles. The molecule has 0 unspecified atom stereocenters. The van der Waals surface area contributed by atoms with Crippen LogP contribution < -0.4 is 9.47 Å². The van der Waals surface area contributed by atoms with E-state index >= 15 is 0 Å². The number of phenols is 1. The number of aryl methyl sites for hydroxylation is 2. The van der Waals surface area contributed by atoms with Gasteiger partial charge in [-0.1, -0.05) is 0 Å². The van der Waals surface area contributed by atoms with Gasteiger partial charge < -0.3 is 23.9 Å². The summed E-state index contributed by atoms with van der Waals surface area (Å²) in [5.74, 6) is 1.06. The number of ether oxygens (including phenoxy) is 3. The summed E-state index contributed by atoms with van der Waals surface area (Å²) >= 11 is 0. The predicted octanol–water partition coefficient (Wildman–Crippen LogP) is 5.08. The van der Waals surface area contributed by atoms with E-state index in [2.05, 4.69) is 16.4 Å². The van der Waals surface area contributed by atoms with Gasteiger partial charge in [-0.3, -0.25) is 14.5 Å². The Hall–Kier alpha value is -3.78. The van der Waals surface area contributed by atoms with Crippen molar-refractivity contribution in [3.63, 3.8) is 0 Å². The van der Waals surface area contributed by atoms with Crippen LogP contribution in [0.1, 0.15) is 53.7 Å². The number of methoxy groups -OCH3 is 1. The summed E-state index contributed by atoms with van der Waals surface area (Å²) in [5.41, 5.74) is 3.66. The quantitative estimate of drug-likeness (QED) is 0.345. The number of fused-ring (bicyclic) bond motifs is 2. The fourth-order valence-corrected chi connectivity index (χ4v) is 5.49. The Balaban J connectivity index is 1.44. The van der Waals surface area contributed by atoms with Crippen LogP contribution in [0.5, 0.6) is 17.2 Å². The van der Waals surface area contributed by atoms with E-state index in [1.807, 2.05) is 38.2 Å². The number of allylic oxidation sites excluding steroid dienone is 1. The summed E-state index contributed by atoms with van der Waals surface area (Å²) in [6, 6.07) is 7.53. The maximum absolute atomic E-state index is 13.5. The van der Waals surface area contributed by atoms with Crippen LogP contribution in [0.4, 0.5) is 0 Å². The second-order valence-electron chi connectivity index (χ2n) is 9.89. The largest absolute Gasteiger partial charge is 0.507 e. The number of likely N-dealkylation sites (tertiary alicyclic amines) is 1. The first-order valence-corrected chi connectivity index (χ1v) is 13.2. The van der Waals surface area contributed by atoms with Crippen LogP contribution in [-0.4, -0.2) is 53.1 Å². The average molecular weight is 519 g/mol. The lowest BCUT2D eigenvalue weighted by Gasteiger charge is -2.31. The number of piperidine rings is 1. The van der Waals surface area contributed by atoms with Gasteiger partial charge >= 0.3 is 5.97 Å². The Morgan fingerprint density at radius 2 is 1.97 bits per heavy atom. The molecule has 1 saturated heterocycles. The number of carbonyl (C=O) groups excluding carboxylic acids is 2. The molecule has 1 N–H and O–H groups in total. The van der Waals surface area contributed by atoms with Gasteiger partial charge in [-0.15, -0.1) is 0 Å². The van der Waals surface area contributed by atoms with E-state index in [1.165, 1.54) is 0 Å². The molecule has 200 valence electrons. The van der Waals surface area contributed by atoms with Gasteiger partial charge in [0.25, 0.3) is 0 Å². The SMILES string of the molecule is CCOC(=O)C1CCN(Cc2c(O)cc(C)c3c2O/C(=C/c2cn(CC)c4ccc(OC)cc24)C3=O)CC1. The summed E-state index contributed by atoms with van der Waals surface area (Å²) in [6.45, 7) is 8.68. The third-order valence-corrected chi connectivity index (χ3v) is 7.56. The van der Waals surface area contributed by atoms with Crippen molar-refractivity contribution in [2.45, 2.75) is 46.7 Å². The van der Waals surface area contributed by atoms with Crippen molar-refractivity contribution in [2.24, 2.45) is 5.92 Å². The van der Waals surface area contributed by atoms with Crippen molar-refractivity contribution in [3.05, 3.63) is 58.5 Å². The first-order chi connectivity index (χ1) is 18.3. The number of carbonyl (C=O) groups is 2. The molecule has 1 fully saturated rings. The minimum atomic E-state index is -0.194. The molecule has 2 aromatic carbocycles. The third kappa shape index (κ3) is 4.65. The van der Waals surface area contributed by atoms with E-state index in [4.69, 9.17) is 14.2 Å². The summed E-state index contributed by atoms with van der Waals surface area (Å²) in [5, 5.41) is 11.8. The molecule has 0 amide bonds. The van der Waals surface area contributed by atoms with E-state index in [0.717, 1.165) is 28.8 Å². The molecule has 8 heteroatoms. The van der Waals surface area contributed by atoms with Crippen LogP contribution in [0, 0.1) is 12.8 Å². The van der Waals surface area contributed by atoms with E-state index in [-0.39, 0.29) is 29.2 Å². The van der Waals surface area contributed by atoms with Crippen LogP contribution in [0.3, 0.4) is 0 Å². The number of rotatable bonds is 7. The standard InChI is InChI=1S/C30H34N2O6/c1-5-32-16-20(22-15-21(36-4)7-8-24(22)32)14-26-28(34)27-18(3)13-25(33)23(29(27)38-26)17-31-11-9-19(10-12-31)30(35)37-6-2/h7-8,13-16,19,33H,5-6,9-12,17H2,1-4H3/b26-14+. The number of ketones is 1. The van der Waals surface area contributed by atoms with Crippen LogP contribution in [0.25, 0.3) is 17.0 Å². The van der Waals surface area contributed by atoms with E-state index in [9.17, 15) is 14.7 Å². The van der Waals surface area contributed by atoms with Crippen molar-refractivity contribution < 1.29 is 28.9 Å². The van der Waals surface area contributed by atoms with Crippen molar-refractivity contribution >= 4 is 28.7 Å². The van der Waals surface area contributed by atoms with E-state index < -0.39 is 0 Å². The van der Waals surface area contributed by atoms with Crippen molar-refractivity contribution in [1.82, 2.24) is 9.47 Å². The van der Waals surface area contributed by atoms with Gasteiger partial charge in [-0.25, -0.2) is 0 Å². The van der Waals surface area contributed by atoms with Gasteiger partial charge in [0, 0.05) is 35.8 Å². The first-order valence-electron chi connectivity index (χ1n) is 13.2. The number of aromatic hydroxyl groups is 1. The first kappa shape index (κ1) is 25.9. The number of Topliss-reactive ketones (excluding diaryl/α,β-unsaturated/α-hetero) is 1. The van der Waals surface area contributed by atoms with Crippen molar-refractivity contribution in [3.8, 4) is 17.2 Å². The van der Waals surface area contributed by atoms with Gasteiger partial charge in [0.2, 0.25) is 5.78 Å². The molecule has 2 aliphatic rings. The van der Waals surface area contributed by atoms with Gasteiger partial charge in [0.05, 0.1) is 30.8 Å². The zero-order valence-electron chi connectivity index (χ0n) is 22.4. The fourth-order valence-electron chi connectivity index (χ4n) is 5.49. The maximum Gasteiger partial charge on any atom is 0.309 e. The number of nitrogens with zero attached hydrogens (tertiary/aromatic N) is 2. The number of esters is 1. The molecular weight excluding hydrogens is 484 g/mol. The van der Waals surface area contributed by atoms with E-state index in [1.54, 1.807) is 19.3 Å². The Morgan fingerprint density at radius 3 is 2.66 bits per heavy atom. The molecule has 0 spiro atoms. The monoisotopic (exact) mass is 518 g/mol. The highest BCUT2D eigenvalue weighted by Gasteiger charge is 2.35. The third-order valence-electron chi connectivity index (χ3n) is 7.56. The molecule has 1 aromatic heterocycles. The number of benzene rings is 2. The molecular formula is C30H34N2O6. The maximum atomic E-state index is 13.5. The molecule has 0 radical (unpaired) electrons. The molecule has 38 heavy (non-hydrogen) atoms. The Bertz CT molecular complexity index is 1430. The topological polar surface area (TPSA) is 90.2 Å². The normalized spacial score (nSPS) is 17.2. The number of phenolic OH excluding ortho intramolecular Hbond substituents is 1. The van der Waals surface area contributed by atoms with Gasteiger partial charge in [-0.05, 0) is 82.6 Å². The molecule has 3 aromatic rings. The summed E-state index contributed by atoms with van der Waals surface area (Å²) < 4.78 is 18.9. The van der Waals surface area contributed by atoms with Crippen molar-refractivity contribution in [2.75, 3.05) is 26.8 Å². The Morgan fingerprint density at radius 1 is 1.21 bits per heavy atom. The molecule has 0 bridgehead atoms. The predicted molar refractivity (Wildman–Crippen MR) is 145 cm³/mol. The molecule has 5 rings (SSSR count). The second kappa shape index (κ2) is 10.5. The fraction of sp³-hybridized carbons (Fsp3) is 0.400. The smallest absolute Gasteiger partial charge is 0.309 e. The lowest BCUT2D eigenvalue weighted by molar-refractivity contribution is -0.149. The van der Waals surface area contributed by atoms with Gasteiger partial charge in [0.15, 0.2) is 5.76 Å². The number of hydrogen-bond acceptors (Lipinski definition) is 7. The molecule has 0 aliphatic carbocycles. The lowest BCUT2D eigenvalue weighted by atomic mass is 9.95. The van der Waals surface area contributed by atoms with Gasteiger partial charge in [0.1, 0.15) is 17.2 Å². The van der Waals surface area contributed by atoms with Crippen LogP contribution >= 0.6 is 0 Å². The Labute approximate surface area is 222 Å². The van der Waals surface area contributed by atoms with Gasteiger partial charge in [-0.2, -0.15) is 0 Å². The summed E-state index contributed by atoms with van der Waals surface area (Å²) in [7, 11) is 1.63. The lowest BCUT2D eigenvalue weighted by Crippen LogP contribution is -2.36. The average Bonchev–Trinajstić information content (AvgIpc) is 3.44. The highest BCUT2D eigenvalue weighted by atomic mass is 16.5. The Kier molecular flexibility index (Phi) is 7.17. The number of hydrogen-bond donors (Lipinski definition) is 1. The molecule has 0 atom stereocenters. The highest BCUT2D eigenvalue weighted by Crippen LogP contribution is 2.43. The zero-order chi connectivity index (χ0) is 27.0. The van der Waals surface area contributed by atoms with Crippen LogP contribution in [0.2, 0.25) is 0 Å². The molecule has 3 heterocycles.